The van der Waals surface area contributed by atoms with Crippen LogP contribution in [0.3, 0.4) is 0 Å². The minimum Gasteiger partial charge on any atom is -0.451 e. The van der Waals surface area contributed by atoms with Gasteiger partial charge in [-0.2, -0.15) is 5.10 Å². The van der Waals surface area contributed by atoms with Crippen LogP contribution in [0.5, 0.6) is 0 Å². The number of benzene rings is 2. The molecule has 0 atom stereocenters. The van der Waals surface area contributed by atoms with Gasteiger partial charge in [0, 0.05) is 37.0 Å². The Morgan fingerprint density at radius 3 is 2.75 bits per heavy atom. The highest BCUT2D eigenvalue weighted by atomic mass is 16.3. The zero-order chi connectivity index (χ0) is 16.5. The molecule has 5 heteroatoms. The van der Waals surface area contributed by atoms with Gasteiger partial charge >= 0.3 is 5.91 Å². The standard InChI is InChI=1S/C19H19N3O2/c1-22-10-8-14(9-11-22)20-21-19(23)18-12-16-15-5-3-2-4-13(15)6-7-17(16)24-18/h2-7,12H,8-11H2,1H3,(H,21,23). The van der Waals surface area contributed by atoms with E-state index >= 15 is 0 Å². The molecule has 0 radical (unpaired) electrons. The van der Waals surface area contributed by atoms with Crippen molar-refractivity contribution in [2.24, 2.45) is 5.10 Å². The minimum atomic E-state index is -0.304. The van der Waals surface area contributed by atoms with Crippen LogP contribution in [0.4, 0.5) is 0 Å². The van der Waals surface area contributed by atoms with Crippen LogP contribution in [0.2, 0.25) is 0 Å². The summed E-state index contributed by atoms with van der Waals surface area (Å²) in [6.07, 6.45) is 1.78. The maximum Gasteiger partial charge on any atom is 0.307 e. The van der Waals surface area contributed by atoms with Crippen LogP contribution in [0.15, 0.2) is 52.0 Å². The summed E-state index contributed by atoms with van der Waals surface area (Å²) in [4.78, 5) is 14.6. The molecule has 0 spiro atoms. The van der Waals surface area contributed by atoms with Crippen molar-refractivity contribution in [1.82, 2.24) is 10.3 Å². The third-order valence-electron chi connectivity index (χ3n) is 4.53. The number of carbonyl (C=O) groups excluding carboxylic acids is 1. The predicted octanol–water partition coefficient (Wildman–Crippen LogP) is 3.40. The van der Waals surface area contributed by atoms with Gasteiger partial charge in [0.1, 0.15) is 5.58 Å². The zero-order valence-electron chi connectivity index (χ0n) is 13.6. The summed E-state index contributed by atoms with van der Waals surface area (Å²) in [6, 6.07) is 13.8. The molecular weight excluding hydrogens is 302 g/mol. The predicted molar refractivity (Wildman–Crippen MR) is 95.4 cm³/mol. The van der Waals surface area contributed by atoms with Gasteiger partial charge in [0.05, 0.1) is 0 Å². The van der Waals surface area contributed by atoms with E-state index in [9.17, 15) is 4.79 Å². The average Bonchev–Trinajstić information content (AvgIpc) is 3.06. The number of carbonyl (C=O) groups is 1. The van der Waals surface area contributed by atoms with Crippen LogP contribution in [0.25, 0.3) is 21.7 Å². The molecule has 0 unspecified atom stereocenters. The van der Waals surface area contributed by atoms with Crippen molar-refractivity contribution in [2.75, 3.05) is 20.1 Å². The Morgan fingerprint density at radius 1 is 1.12 bits per heavy atom. The highest BCUT2D eigenvalue weighted by molar-refractivity contribution is 6.08. The number of hydrogen-bond acceptors (Lipinski definition) is 4. The summed E-state index contributed by atoms with van der Waals surface area (Å²) in [5, 5.41) is 7.42. The molecule has 5 nitrogen and oxygen atoms in total. The normalized spacial score (nSPS) is 15.8. The summed E-state index contributed by atoms with van der Waals surface area (Å²) in [6.45, 7) is 1.96. The first-order chi connectivity index (χ1) is 11.7. The van der Waals surface area contributed by atoms with Crippen molar-refractivity contribution in [3.63, 3.8) is 0 Å². The molecule has 0 bridgehead atoms. The number of hydrazone groups is 1. The summed E-state index contributed by atoms with van der Waals surface area (Å²) in [5.41, 5.74) is 4.37. The number of hydrogen-bond donors (Lipinski definition) is 1. The molecule has 1 amide bonds. The summed E-state index contributed by atoms with van der Waals surface area (Å²) in [5.74, 6) is -0.0136. The fourth-order valence-electron chi connectivity index (χ4n) is 3.08. The van der Waals surface area contributed by atoms with Gasteiger partial charge in [0.25, 0.3) is 0 Å². The first kappa shape index (κ1) is 14.9. The number of likely N-dealkylation sites (tertiary alicyclic amines) is 1. The maximum atomic E-state index is 12.3. The molecule has 0 saturated carbocycles. The van der Waals surface area contributed by atoms with Crippen LogP contribution in [-0.2, 0) is 0 Å². The molecule has 2 aromatic carbocycles. The smallest absolute Gasteiger partial charge is 0.307 e. The first-order valence-corrected chi connectivity index (χ1v) is 8.16. The van der Waals surface area contributed by atoms with Gasteiger partial charge in [-0.05, 0) is 30.0 Å². The van der Waals surface area contributed by atoms with Crippen molar-refractivity contribution >= 4 is 33.4 Å². The monoisotopic (exact) mass is 321 g/mol. The van der Waals surface area contributed by atoms with Gasteiger partial charge in [0.2, 0.25) is 0 Å². The second-order valence-electron chi connectivity index (χ2n) is 6.23. The van der Waals surface area contributed by atoms with Crippen molar-refractivity contribution in [1.29, 1.82) is 0 Å². The SMILES string of the molecule is CN1CCC(=NNC(=O)c2cc3c(ccc4ccccc43)o2)CC1. The lowest BCUT2D eigenvalue weighted by Crippen LogP contribution is -2.31. The fourth-order valence-corrected chi connectivity index (χ4v) is 3.08. The third kappa shape index (κ3) is 2.78. The molecule has 1 aliphatic heterocycles. The highest BCUT2D eigenvalue weighted by Gasteiger charge is 2.15. The van der Waals surface area contributed by atoms with Crippen LogP contribution < -0.4 is 5.43 Å². The third-order valence-corrected chi connectivity index (χ3v) is 4.53. The van der Waals surface area contributed by atoms with Crippen molar-refractivity contribution in [2.45, 2.75) is 12.8 Å². The molecule has 1 aromatic heterocycles. The fraction of sp³-hybridized carbons (Fsp3) is 0.263. The van der Waals surface area contributed by atoms with Crippen molar-refractivity contribution < 1.29 is 9.21 Å². The van der Waals surface area contributed by atoms with E-state index in [4.69, 9.17) is 4.42 Å². The molecule has 1 fully saturated rings. The number of nitrogens with zero attached hydrogens (tertiary/aromatic N) is 2. The van der Waals surface area contributed by atoms with Gasteiger partial charge in [-0.15, -0.1) is 0 Å². The number of rotatable bonds is 2. The van der Waals surface area contributed by atoms with Crippen LogP contribution >= 0.6 is 0 Å². The molecule has 122 valence electrons. The molecule has 4 rings (SSSR count). The zero-order valence-corrected chi connectivity index (χ0v) is 13.6. The van der Waals surface area contributed by atoms with Crippen LogP contribution in [0.1, 0.15) is 23.4 Å². The van der Waals surface area contributed by atoms with E-state index in [0.717, 1.165) is 47.8 Å². The molecule has 0 aliphatic carbocycles. The van der Waals surface area contributed by atoms with Crippen molar-refractivity contribution in [3.8, 4) is 0 Å². The molecule has 3 aromatic rings. The number of nitrogens with one attached hydrogen (secondary N) is 1. The van der Waals surface area contributed by atoms with Crippen LogP contribution in [0, 0.1) is 0 Å². The lowest BCUT2D eigenvalue weighted by molar-refractivity contribution is 0.0929. The Morgan fingerprint density at radius 2 is 1.92 bits per heavy atom. The molecular formula is C19H19N3O2. The second-order valence-corrected chi connectivity index (χ2v) is 6.23. The highest BCUT2D eigenvalue weighted by Crippen LogP contribution is 2.28. The largest absolute Gasteiger partial charge is 0.451 e. The van der Waals surface area contributed by atoms with Gasteiger partial charge < -0.3 is 9.32 Å². The molecule has 24 heavy (non-hydrogen) atoms. The lowest BCUT2D eigenvalue weighted by Gasteiger charge is -2.22. The Kier molecular flexibility index (Phi) is 3.78. The maximum absolute atomic E-state index is 12.3. The van der Waals surface area contributed by atoms with Gasteiger partial charge in [-0.25, -0.2) is 5.43 Å². The Hall–Kier alpha value is -2.66. The van der Waals surface area contributed by atoms with E-state index in [1.807, 2.05) is 36.4 Å². The summed E-state index contributed by atoms with van der Waals surface area (Å²) < 4.78 is 5.71. The summed E-state index contributed by atoms with van der Waals surface area (Å²) in [7, 11) is 2.09. The minimum absolute atomic E-state index is 0.290. The number of furan rings is 1. The van der Waals surface area contributed by atoms with E-state index < -0.39 is 0 Å². The van der Waals surface area contributed by atoms with E-state index in [1.54, 1.807) is 6.07 Å². The van der Waals surface area contributed by atoms with E-state index in [1.165, 1.54) is 0 Å². The van der Waals surface area contributed by atoms with Gasteiger partial charge in [-0.3, -0.25) is 4.79 Å². The molecule has 1 aliphatic rings. The quantitative estimate of drug-likeness (QED) is 0.736. The lowest BCUT2D eigenvalue weighted by atomic mass is 10.1. The Labute approximate surface area is 139 Å². The van der Waals surface area contributed by atoms with Gasteiger partial charge in [0.15, 0.2) is 5.76 Å². The number of amides is 1. The molecule has 1 N–H and O–H groups in total. The second kappa shape index (κ2) is 6.09. The molecule has 1 saturated heterocycles. The number of piperidine rings is 1. The Bertz CT molecular complexity index is 932. The number of fused-ring (bicyclic) bond motifs is 3. The van der Waals surface area contributed by atoms with Crippen molar-refractivity contribution in [3.05, 3.63) is 48.2 Å². The van der Waals surface area contributed by atoms with Crippen LogP contribution in [-0.4, -0.2) is 36.7 Å². The average molecular weight is 321 g/mol. The topological polar surface area (TPSA) is 57.8 Å². The van der Waals surface area contributed by atoms with E-state index in [2.05, 4.69) is 22.5 Å². The summed E-state index contributed by atoms with van der Waals surface area (Å²) >= 11 is 0. The van der Waals surface area contributed by atoms with Gasteiger partial charge in [-0.1, -0.05) is 30.3 Å². The van der Waals surface area contributed by atoms with E-state index in [0.29, 0.717) is 11.3 Å². The van der Waals surface area contributed by atoms with E-state index in [-0.39, 0.29) is 5.91 Å². The Balaban J connectivity index is 1.58. The molecule has 2 heterocycles. The first-order valence-electron chi connectivity index (χ1n) is 8.16.